The van der Waals surface area contributed by atoms with Gasteiger partial charge < -0.3 is 14.3 Å². The monoisotopic (exact) mass is 408 g/mol. The number of unbranched alkanes of at least 4 members (excludes halogenated alkanes) is 1. The Morgan fingerprint density at radius 1 is 1.23 bits per heavy atom. The molecule has 2 N–H and O–H groups in total. The maximum atomic E-state index is 13.2. The molecule has 0 unspecified atom stereocenters. The number of pyridine rings is 1. The number of hydrogen-bond acceptors (Lipinski definition) is 4. The van der Waals surface area contributed by atoms with Crippen LogP contribution in [0.2, 0.25) is 0 Å². The Balaban J connectivity index is 1.64. The summed E-state index contributed by atoms with van der Waals surface area (Å²) in [7, 11) is 0. The van der Waals surface area contributed by atoms with Gasteiger partial charge in [-0.25, -0.2) is 0 Å². The first-order valence-electron chi connectivity index (χ1n) is 10.8. The van der Waals surface area contributed by atoms with E-state index in [0.29, 0.717) is 23.8 Å². The molecule has 1 amide bonds. The number of fused-ring (bicyclic) bond motifs is 1. The number of aromatic amines is 1. The van der Waals surface area contributed by atoms with Crippen molar-refractivity contribution >= 4 is 11.7 Å². The summed E-state index contributed by atoms with van der Waals surface area (Å²) in [5.74, 6) is 0.566. The quantitative estimate of drug-likeness (QED) is 0.626. The van der Waals surface area contributed by atoms with Crippen molar-refractivity contribution in [3.63, 3.8) is 0 Å². The third kappa shape index (κ3) is 4.25. The number of nitrogens with zero attached hydrogens (tertiary/aromatic N) is 2. The van der Waals surface area contributed by atoms with Gasteiger partial charge in [-0.05, 0) is 55.9 Å². The van der Waals surface area contributed by atoms with E-state index in [-0.39, 0.29) is 11.1 Å². The largest absolute Gasteiger partial charge is 0.463 e. The number of hydrogen-bond donors (Lipinski definition) is 2. The van der Waals surface area contributed by atoms with E-state index in [1.54, 1.807) is 30.5 Å². The molecule has 7 heteroatoms. The molecule has 0 spiro atoms. The molecule has 0 fully saturated rings. The predicted octanol–water partition coefficient (Wildman–Crippen LogP) is 4.54. The standard InChI is InChI=1S/C23H28N4O3/c1-2-3-12-27-19-10-7-5-4-6-9-16(19)14-17(23(27)29)22(28)24-21-15-18(25-26-21)20-11-8-13-30-20/h8,11,13-15H,2-7,9-10,12H2,1H3,(H2,24,25,26,28). The Bertz CT molecular complexity index is 1060. The second-order valence-corrected chi connectivity index (χ2v) is 7.85. The summed E-state index contributed by atoms with van der Waals surface area (Å²) in [6.45, 7) is 2.77. The van der Waals surface area contributed by atoms with Crippen LogP contribution < -0.4 is 10.9 Å². The fourth-order valence-corrected chi connectivity index (χ4v) is 4.08. The molecule has 0 aliphatic heterocycles. The third-order valence-electron chi connectivity index (χ3n) is 5.69. The molecule has 0 saturated carbocycles. The molecular formula is C23H28N4O3. The molecule has 30 heavy (non-hydrogen) atoms. The van der Waals surface area contributed by atoms with Gasteiger partial charge in [0.2, 0.25) is 0 Å². The van der Waals surface area contributed by atoms with Gasteiger partial charge in [0.15, 0.2) is 11.6 Å². The lowest BCUT2D eigenvalue weighted by atomic mass is 9.95. The molecule has 1 aliphatic rings. The van der Waals surface area contributed by atoms with Crippen molar-refractivity contribution < 1.29 is 9.21 Å². The summed E-state index contributed by atoms with van der Waals surface area (Å²) in [5, 5.41) is 9.73. The van der Waals surface area contributed by atoms with Crippen LogP contribution in [0.4, 0.5) is 5.82 Å². The zero-order valence-electron chi connectivity index (χ0n) is 17.4. The molecule has 0 radical (unpaired) electrons. The third-order valence-corrected chi connectivity index (χ3v) is 5.69. The summed E-state index contributed by atoms with van der Waals surface area (Å²) in [5.41, 5.74) is 2.89. The van der Waals surface area contributed by atoms with Gasteiger partial charge in [-0.2, -0.15) is 5.10 Å². The van der Waals surface area contributed by atoms with Gasteiger partial charge in [-0.1, -0.05) is 26.2 Å². The van der Waals surface area contributed by atoms with Crippen LogP contribution in [0.1, 0.15) is 67.1 Å². The summed E-state index contributed by atoms with van der Waals surface area (Å²) in [6, 6.07) is 7.09. The van der Waals surface area contributed by atoms with Crippen LogP contribution in [0.15, 0.2) is 39.7 Å². The van der Waals surface area contributed by atoms with E-state index in [4.69, 9.17) is 4.42 Å². The zero-order chi connectivity index (χ0) is 20.9. The lowest BCUT2D eigenvalue weighted by Crippen LogP contribution is -2.33. The highest BCUT2D eigenvalue weighted by Gasteiger charge is 2.21. The van der Waals surface area contributed by atoms with Crippen LogP contribution in [-0.4, -0.2) is 20.7 Å². The van der Waals surface area contributed by atoms with Gasteiger partial charge in [0, 0.05) is 18.3 Å². The van der Waals surface area contributed by atoms with Crippen LogP contribution in [0.3, 0.4) is 0 Å². The molecule has 4 rings (SSSR count). The smallest absolute Gasteiger partial charge is 0.263 e. The molecular weight excluding hydrogens is 380 g/mol. The number of aromatic nitrogens is 3. The van der Waals surface area contributed by atoms with Gasteiger partial charge in [0.1, 0.15) is 11.3 Å². The number of carbonyl (C=O) groups excluding carboxylic acids is 1. The van der Waals surface area contributed by atoms with E-state index in [2.05, 4.69) is 22.4 Å². The van der Waals surface area contributed by atoms with Gasteiger partial charge in [-0.3, -0.25) is 14.7 Å². The van der Waals surface area contributed by atoms with Crippen molar-refractivity contribution in [3.8, 4) is 11.5 Å². The Morgan fingerprint density at radius 2 is 2.07 bits per heavy atom. The lowest BCUT2D eigenvalue weighted by Gasteiger charge is -2.21. The van der Waals surface area contributed by atoms with Gasteiger partial charge >= 0.3 is 0 Å². The van der Waals surface area contributed by atoms with Crippen LogP contribution in [0.5, 0.6) is 0 Å². The maximum Gasteiger partial charge on any atom is 0.263 e. The van der Waals surface area contributed by atoms with Gasteiger partial charge in [-0.15, -0.1) is 0 Å². The highest BCUT2D eigenvalue weighted by atomic mass is 16.3. The number of carbonyl (C=O) groups is 1. The van der Waals surface area contributed by atoms with Crippen molar-refractivity contribution in [1.82, 2.24) is 14.8 Å². The van der Waals surface area contributed by atoms with Crippen molar-refractivity contribution in [2.24, 2.45) is 0 Å². The first-order valence-corrected chi connectivity index (χ1v) is 10.8. The van der Waals surface area contributed by atoms with Crippen molar-refractivity contribution in [2.75, 3.05) is 5.32 Å². The minimum absolute atomic E-state index is 0.188. The first-order chi connectivity index (χ1) is 14.7. The minimum atomic E-state index is -0.424. The molecule has 0 aromatic carbocycles. The van der Waals surface area contributed by atoms with Crippen LogP contribution in [0, 0.1) is 0 Å². The van der Waals surface area contributed by atoms with E-state index in [9.17, 15) is 9.59 Å². The fourth-order valence-electron chi connectivity index (χ4n) is 4.08. The molecule has 3 aromatic rings. The van der Waals surface area contributed by atoms with E-state index in [0.717, 1.165) is 49.8 Å². The summed E-state index contributed by atoms with van der Waals surface area (Å²) in [4.78, 5) is 26.2. The van der Waals surface area contributed by atoms with Crippen LogP contribution in [-0.2, 0) is 19.4 Å². The maximum absolute atomic E-state index is 13.2. The Hall–Kier alpha value is -3.09. The second-order valence-electron chi connectivity index (χ2n) is 7.85. The molecule has 0 bridgehead atoms. The number of nitrogens with one attached hydrogen (secondary N) is 2. The Labute approximate surface area is 175 Å². The number of amides is 1. The lowest BCUT2D eigenvalue weighted by molar-refractivity contribution is 0.102. The van der Waals surface area contributed by atoms with E-state index < -0.39 is 5.91 Å². The number of aryl methyl sites for hydroxylation is 1. The summed E-state index contributed by atoms with van der Waals surface area (Å²) >= 11 is 0. The van der Waals surface area contributed by atoms with Crippen LogP contribution in [0.25, 0.3) is 11.5 Å². The zero-order valence-corrected chi connectivity index (χ0v) is 17.4. The second kappa shape index (κ2) is 9.15. The number of anilines is 1. The van der Waals surface area contributed by atoms with Crippen molar-refractivity contribution in [3.05, 3.63) is 57.7 Å². The van der Waals surface area contributed by atoms with Gasteiger partial charge in [0.25, 0.3) is 11.5 Å². The number of rotatable bonds is 6. The number of furan rings is 1. The number of H-pyrrole nitrogens is 1. The average molecular weight is 409 g/mol. The van der Waals surface area contributed by atoms with E-state index in [1.807, 2.05) is 4.57 Å². The highest BCUT2D eigenvalue weighted by molar-refractivity contribution is 6.03. The molecule has 1 aliphatic carbocycles. The van der Waals surface area contributed by atoms with Crippen molar-refractivity contribution in [1.29, 1.82) is 0 Å². The first kappa shape index (κ1) is 20.2. The Kier molecular flexibility index (Phi) is 6.16. The summed E-state index contributed by atoms with van der Waals surface area (Å²) in [6.07, 6.45) is 9.88. The SMILES string of the molecule is CCCCn1c2c(cc(C(=O)Nc3cc(-c4ccco4)[nH]n3)c1=O)CCCCCC2. The molecule has 0 saturated heterocycles. The minimum Gasteiger partial charge on any atom is -0.463 e. The normalized spacial score (nSPS) is 14.0. The molecule has 0 atom stereocenters. The highest BCUT2D eigenvalue weighted by Crippen LogP contribution is 2.22. The Morgan fingerprint density at radius 3 is 2.83 bits per heavy atom. The molecule has 7 nitrogen and oxygen atoms in total. The van der Waals surface area contributed by atoms with Crippen molar-refractivity contribution in [2.45, 2.75) is 64.8 Å². The summed E-state index contributed by atoms with van der Waals surface area (Å²) < 4.78 is 7.19. The average Bonchev–Trinajstić information content (AvgIpc) is 3.40. The van der Waals surface area contributed by atoms with Gasteiger partial charge in [0.05, 0.1) is 6.26 Å². The molecule has 3 aromatic heterocycles. The topological polar surface area (TPSA) is 92.9 Å². The predicted molar refractivity (Wildman–Crippen MR) is 116 cm³/mol. The van der Waals surface area contributed by atoms with Crippen LogP contribution >= 0.6 is 0 Å². The van der Waals surface area contributed by atoms with E-state index in [1.165, 1.54) is 12.8 Å². The molecule has 3 heterocycles. The van der Waals surface area contributed by atoms with E-state index >= 15 is 0 Å². The fraction of sp³-hybridized carbons (Fsp3) is 0.435. The molecule has 158 valence electrons.